The molecule has 0 saturated carbocycles. The molecule has 0 amide bonds. The van der Waals surface area contributed by atoms with Crippen molar-refractivity contribution in [3.8, 4) is 0 Å². The number of hydrogen-bond acceptors (Lipinski definition) is 3. The first kappa shape index (κ1) is 15.6. The van der Waals surface area contributed by atoms with Crippen LogP contribution in [0.5, 0.6) is 0 Å². The Bertz CT molecular complexity index is 561. The second-order valence-electron chi connectivity index (χ2n) is 4.93. The molecule has 0 radical (unpaired) electrons. The summed E-state index contributed by atoms with van der Waals surface area (Å²) in [7, 11) is 0. The minimum absolute atomic E-state index is 0.318. The molecule has 0 unspecified atom stereocenters. The Morgan fingerprint density at radius 1 is 0.952 bits per heavy atom. The molecule has 114 valence electrons. The van der Waals surface area contributed by atoms with E-state index >= 15 is 0 Å². The Morgan fingerprint density at radius 2 is 1.52 bits per heavy atom. The number of furan rings is 1. The molecule has 2 aromatic rings. The van der Waals surface area contributed by atoms with Crippen molar-refractivity contribution in [2.45, 2.75) is 25.3 Å². The first-order valence-corrected chi connectivity index (χ1v) is 6.36. The van der Waals surface area contributed by atoms with Crippen molar-refractivity contribution in [1.29, 1.82) is 0 Å². The molecule has 0 aliphatic rings. The summed E-state index contributed by atoms with van der Waals surface area (Å²) in [6.45, 7) is 1.61. The van der Waals surface area contributed by atoms with Crippen LogP contribution in [0, 0.1) is 5.92 Å². The lowest BCUT2D eigenvalue weighted by atomic mass is 9.89. The number of aliphatic hydroxyl groups is 2. The summed E-state index contributed by atoms with van der Waals surface area (Å²) in [5.41, 5.74) is 0.0491. The van der Waals surface area contributed by atoms with Gasteiger partial charge in [0, 0.05) is 11.5 Å². The third-order valence-corrected chi connectivity index (χ3v) is 3.46. The van der Waals surface area contributed by atoms with Crippen molar-refractivity contribution in [3.63, 3.8) is 0 Å². The molecule has 1 aromatic heterocycles. The van der Waals surface area contributed by atoms with E-state index in [1.807, 2.05) is 0 Å². The standard InChI is InChI=1S/C15H15F3O3/c1-9(14(20)11-6-7-21-8-11)13(19)10-2-4-12(5-3-10)15(16,17)18/h2-9,13-14,19-20H,1H3/t9-,13-,14-/m0/s1. The zero-order chi connectivity index (χ0) is 15.6. The van der Waals surface area contributed by atoms with Crippen molar-refractivity contribution in [2.75, 3.05) is 0 Å². The molecule has 0 saturated heterocycles. The molecular weight excluding hydrogens is 285 g/mol. The number of halogens is 3. The van der Waals surface area contributed by atoms with Crippen molar-refractivity contribution in [2.24, 2.45) is 5.92 Å². The first-order valence-electron chi connectivity index (χ1n) is 6.36. The summed E-state index contributed by atoms with van der Waals surface area (Å²) in [4.78, 5) is 0. The zero-order valence-electron chi connectivity index (χ0n) is 11.2. The molecule has 21 heavy (non-hydrogen) atoms. The third kappa shape index (κ3) is 3.46. The van der Waals surface area contributed by atoms with Crippen LogP contribution in [0.4, 0.5) is 13.2 Å². The van der Waals surface area contributed by atoms with Crippen LogP contribution >= 0.6 is 0 Å². The van der Waals surface area contributed by atoms with E-state index in [9.17, 15) is 23.4 Å². The Balaban J connectivity index is 2.14. The van der Waals surface area contributed by atoms with Crippen molar-refractivity contribution in [3.05, 3.63) is 59.5 Å². The maximum Gasteiger partial charge on any atom is 0.416 e. The predicted molar refractivity (Wildman–Crippen MR) is 69.2 cm³/mol. The largest absolute Gasteiger partial charge is 0.472 e. The number of benzene rings is 1. The molecule has 3 atom stereocenters. The lowest BCUT2D eigenvalue weighted by Gasteiger charge is -2.24. The summed E-state index contributed by atoms with van der Waals surface area (Å²) in [5, 5.41) is 20.3. The maximum atomic E-state index is 12.5. The third-order valence-electron chi connectivity index (χ3n) is 3.46. The van der Waals surface area contributed by atoms with Gasteiger partial charge in [-0.1, -0.05) is 19.1 Å². The molecule has 0 bridgehead atoms. The molecule has 3 nitrogen and oxygen atoms in total. The summed E-state index contributed by atoms with van der Waals surface area (Å²) < 4.78 is 42.3. The van der Waals surface area contributed by atoms with Gasteiger partial charge in [0.15, 0.2) is 0 Å². The molecule has 2 rings (SSSR count). The summed E-state index contributed by atoms with van der Waals surface area (Å²) in [5.74, 6) is -0.598. The highest BCUT2D eigenvalue weighted by atomic mass is 19.4. The van der Waals surface area contributed by atoms with Crippen LogP contribution in [0.1, 0.15) is 35.8 Å². The van der Waals surface area contributed by atoms with Gasteiger partial charge in [0.1, 0.15) is 0 Å². The molecular formula is C15H15F3O3. The Labute approximate surface area is 119 Å². The van der Waals surface area contributed by atoms with E-state index < -0.39 is 29.9 Å². The second kappa shape index (κ2) is 5.91. The maximum absolute atomic E-state index is 12.5. The van der Waals surface area contributed by atoms with Gasteiger partial charge in [-0.25, -0.2) is 0 Å². The highest BCUT2D eigenvalue weighted by molar-refractivity contribution is 5.27. The van der Waals surface area contributed by atoms with E-state index in [2.05, 4.69) is 0 Å². The SMILES string of the molecule is C[C@@H]([C@H](O)c1ccc(C(F)(F)F)cc1)[C@H](O)c1ccoc1. The lowest BCUT2D eigenvalue weighted by Crippen LogP contribution is -2.17. The molecule has 0 fully saturated rings. The average molecular weight is 300 g/mol. The molecule has 0 spiro atoms. The van der Waals surface area contributed by atoms with Crippen LogP contribution in [-0.4, -0.2) is 10.2 Å². The Hall–Kier alpha value is -1.79. The van der Waals surface area contributed by atoms with Gasteiger partial charge < -0.3 is 14.6 Å². The fraction of sp³-hybridized carbons (Fsp3) is 0.333. The van der Waals surface area contributed by atoms with Crippen LogP contribution < -0.4 is 0 Å². The summed E-state index contributed by atoms with van der Waals surface area (Å²) in [6.07, 6.45) is -3.71. The molecule has 2 N–H and O–H groups in total. The van der Waals surface area contributed by atoms with E-state index in [4.69, 9.17) is 4.42 Å². The van der Waals surface area contributed by atoms with Crippen molar-refractivity contribution in [1.82, 2.24) is 0 Å². The van der Waals surface area contributed by atoms with Gasteiger partial charge in [-0.3, -0.25) is 0 Å². The zero-order valence-corrected chi connectivity index (χ0v) is 11.2. The average Bonchev–Trinajstić information content (AvgIpc) is 2.98. The number of rotatable bonds is 4. The quantitative estimate of drug-likeness (QED) is 0.905. The topological polar surface area (TPSA) is 53.6 Å². The highest BCUT2D eigenvalue weighted by Gasteiger charge is 2.31. The minimum Gasteiger partial charge on any atom is -0.472 e. The molecule has 6 heteroatoms. The second-order valence-corrected chi connectivity index (χ2v) is 4.93. The van der Waals surface area contributed by atoms with Crippen LogP contribution in [0.25, 0.3) is 0 Å². The number of alkyl halides is 3. The Morgan fingerprint density at radius 3 is 2.00 bits per heavy atom. The van der Waals surface area contributed by atoms with Gasteiger partial charge >= 0.3 is 6.18 Å². The first-order chi connectivity index (χ1) is 9.80. The molecule has 0 aliphatic carbocycles. The predicted octanol–water partition coefficient (Wildman–Crippen LogP) is 3.70. The van der Waals surface area contributed by atoms with Crippen LogP contribution in [0.2, 0.25) is 0 Å². The van der Waals surface area contributed by atoms with Crippen LogP contribution in [-0.2, 0) is 6.18 Å². The van der Waals surface area contributed by atoms with Crippen molar-refractivity contribution < 1.29 is 27.8 Å². The van der Waals surface area contributed by atoms with Gasteiger partial charge in [0.25, 0.3) is 0 Å². The highest BCUT2D eigenvalue weighted by Crippen LogP contribution is 2.34. The fourth-order valence-corrected chi connectivity index (χ4v) is 2.09. The van der Waals surface area contributed by atoms with Gasteiger partial charge in [0.2, 0.25) is 0 Å². The Kier molecular flexibility index (Phi) is 4.39. The van der Waals surface area contributed by atoms with E-state index in [0.29, 0.717) is 11.1 Å². The van der Waals surface area contributed by atoms with Gasteiger partial charge in [0.05, 0.1) is 30.3 Å². The van der Waals surface area contributed by atoms with Gasteiger partial charge in [-0.2, -0.15) is 13.2 Å². The van der Waals surface area contributed by atoms with Crippen molar-refractivity contribution >= 4 is 0 Å². The number of hydrogen-bond donors (Lipinski definition) is 2. The van der Waals surface area contributed by atoms with Crippen LogP contribution in [0.3, 0.4) is 0 Å². The normalized spacial score (nSPS) is 16.5. The molecule has 1 heterocycles. The summed E-state index contributed by atoms with van der Waals surface area (Å²) in [6, 6.07) is 5.82. The smallest absolute Gasteiger partial charge is 0.416 e. The number of aliphatic hydroxyl groups excluding tert-OH is 2. The van der Waals surface area contributed by atoms with E-state index in [0.717, 1.165) is 12.1 Å². The van der Waals surface area contributed by atoms with Crippen LogP contribution in [0.15, 0.2) is 47.3 Å². The monoisotopic (exact) mass is 300 g/mol. The fourth-order valence-electron chi connectivity index (χ4n) is 2.09. The minimum atomic E-state index is -4.41. The van der Waals surface area contributed by atoms with E-state index in [1.54, 1.807) is 13.0 Å². The van der Waals surface area contributed by atoms with Gasteiger partial charge in [-0.15, -0.1) is 0 Å². The lowest BCUT2D eigenvalue weighted by molar-refractivity contribution is -0.137. The van der Waals surface area contributed by atoms with E-state index in [-0.39, 0.29) is 0 Å². The van der Waals surface area contributed by atoms with Gasteiger partial charge in [-0.05, 0) is 23.8 Å². The summed E-state index contributed by atoms with van der Waals surface area (Å²) >= 11 is 0. The van der Waals surface area contributed by atoms with E-state index in [1.165, 1.54) is 24.7 Å². The molecule has 0 aliphatic heterocycles. The molecule has 1 aromatic carbocycles.